The zero-order valence-corrected chi connectivity index (χ0v) is 6.48. The van der Waals surface area contributed by atoms with Crippen LogP contribution in [-0.4, -0.2) is 13.1 Å². The van der Waals surface area contributed by atoms with Crippen molar-refractivity contribution < 1.29 is 4.80 Å². The fraction of sp³-hybridized carbons (Fsp3) is 1.00. The third kappa shape index (κ3) is 1.12. The molecule has 1 fully saturated rings. The van der Waals surface area contributed by atoms with Gasteiger partial charge in [-0.05, 0) is 18.1 Å². The lowest BCUT2D eigenvalue weighted by Gasteiger charge is -2.14. The van der Waals surface area contributed by atoms with E-state index in [1.54, 1.807) is 0 Å². The maximum atomic E-state index is 9.64. The Morgan fingerprint density at radius 3 is 2.12 bits per heavy atom. The van der Waals surface area contributed by atoms with E-state index in [-0.39, 0.29) is 0 Å². The molecule has 2 heteroatoms. The second kappa shape index (κ2) is 2.19. The summed E-state index contributed by atoms with van der Waals surface area (Å²) in [6.45, 7) is 2.12. The minimum absolute atomic E-state index is 1.08. The molecule has 1 rings (SSSR count). The molecule has 0 aromatic heterocycles. The fourth-order valence-electron chi connectivity index (χ4n) is 1.39. The Balaban J connectivity index is 2.40. The van der Waals surface area contributed by atoms with Gasteiger partial charge >= 0.3 is 0 Å². The molecule has 1 N–H and O–H groups in total. The summed E-state index contributed by atoms with van der Waals surface area (Å²) in [5.74, 6) is 0. The molecular formula is C6H14OSi. The van der Waals surface area contributed by atoms with Crippen molar-refractivity contribution in [1.29, 1.82) is 0 Å². The van der Waals surface area contributed by atoms with E-state index in [0.717, 1.165) is 6.04 Å². The van der Waals surface area contributed by atoms with Crippen LogP contribution in [0.15, 0.2) is 0 Å². The summed E-state index contributed by atoms with van der Waals surface area (Å²) in [6, 6.07) is 3.42. The molecule has 0 aliphatic carbocycles. The van der Waals surface area contributed by atoms with Crippen molar-refractivity contribution in [3.8, 4) is 0 Å². The van der Waals surface area contributed by atoms with E-state index < -0.39 is 8.32 Å². The minimum atomic E-state index is -1.56. The molecule has 0 radical (unpaired) electrons. The molecule has 0 amide bonds. The van der Waals surface area contributed by atoms with Crippen LogP contribution in [0.3, 0.4) is 0 Å². The van der Waals surface area contributed by atoms with Gasteiger partial charge < -0.3 is 4.80 Å². The van der Waals surface area contributed by atoms with Crippen molar-refractivity contribution in [3.63, 3.8) is 0 Å². The zero-order chi connectivity index (χ0) is 6.04. The number of hydrogen-bond donors (Lipinski definition) is 1. The van der Waals surface area contributed by atoms with Gasteiger partial charge in [-0.3, -0.25) is 0 Å². The maximum Gasteiger partial charge on any atom is 0.188 e. The van der Waals surface area contributed by atoms with Crippen LogP contribution in [0, 0.1) is 0 Å². The van der Waals surface area contributed by atoms with E-state index in [1.165, 1.54) is 24.9 Å². The first-order chi connectivity index (χ1) is 3.77. The highest BCUT2D eigenvalue weighted by Gasteiger charge is 2.31. The molecule has 0 aromatic rings. The average molecular weight is 130 g/mol. The fourth-order valence-corrected chi connectivity index (χ4v) is 4.16. The Kier molecular flexibility index (Phi) is 1.73. The van der Waals surface area contributed by atoms with Gasteiger partial charge in [0, 0.05) is 0 Å². The van der Waals surface area contributed by atoms with E-state index in [0.29, 0.717) is 0 Å². The minimum Gasteiger partial charge on any atom is -0.432 e. The summed E-state index contributed by atoms with van der Waals surface area (Å²) in [7, 11) is -1.56. The first kappa shape index (κ1) is 6.30. The van der Waals surface area contributed by atoms with Gasteiger partial charge in [-0.2, -0.15) is 0 Å². The van der Waals surface area contributed by atoms with Gasteiger partial charge in [-0.25, -0.2) is 0 Å². The van der Waals surface area contributed by atoms with Gasteiger partial charge in [-0.15, -0.1) is 0 Å². The standard InChI is InChI=1S/C6H14OSi/c1-2-8(7)5-3-4-6-8/h7H,2-6H2,1H3. The van der Waals surface area contributed by atoms with Crippen LogP contribution in [0.4, 0.5) is 0 Å². The molecule has 1 aliphatic heterocycles. The Bertz CT molecular complexity index is 76.6. The van der Waals surface area contributed by atoms with E-state index in [2.05, 4.69) is 6.92 Å². The van der Waals surface area contributed by atoms with Crippen molar-refractivity contribution in [1.82, 2.24) is 0 Å². The first-order valence-electron chi connectivity index (χ1n) is 3.49. The Morgan fingerprint density at radius 2 is 1.88 bits per heavy atom. The highest BCUT2D eigenvalue weighted by molar-refractivity contribution is 6.73. The summed E-state index contributed by atoms with van der Waals surface area (Å²) in [4.78, 5) is 9.64. The van der Waals surface area contributed by atoms with E-state index in [4.69, 9.17) is 0 Å². The van der Waals surface area contributed by atoms with Crippen LogP contribution in [-0.2, 0) is 0 Å². The molecule has 1 saturated heterocycles. The first-order valence-corrected chi connectivity index (χ1v) is 6.06. The lowest BCUT2D eigenvalue weighted by molar-refractivity contribution is 0.539. The molecule has 0 atom stereocenters. The maximum absolute atomic E-state index is 9.64. The summed E-state index contributed by atoms with van der Waals surface area (Å²) >= 11 is 0. The van der Waals surface area contributed by atoms with Gasteiger partial charge in [0.25, 0.3) is 0 Å². The monoisotopic (exact) mass is 130 g/mol. The number of rotatable bonds is 1. The third-order valence-electron chi connectivity index (χ3n) is 2.19. The lowest BCUT2D eigenvalue weighted by atomic mass is 10.4. The van der Waals surface area contributed by atoms with Crippen molar-refractivity contribution in [2.75, 3.05) is 0 Å². The second-order valence-corrected chi connectivity index (χ2v) is 6.94. The largest absolute Gasteiger partial charge is 0.432 e. The van der Waals surface area contributed by atoms with E-state index in [9.17, 15) is 4.80 Å². The average Bonchev–Trinajstić information content (AvgIpc) is 2.17. The molecule has 48 valence electrons. The molecule has 0 unspecified atom stereocenters. The normalized spacial score (nSPS) is 26.2. The molecule has 0 saturated carbocycles. The zero-order valence-electron chi connectivity index (χ0n) is 5.48. The predicted molar refractivity (Wildman–Crippen MR) is 37.3 cm³/mol. The van der Waals surface area contributed by atoms with Gasteiger partial charge in [-0.1, -0.05) is 19.8 Å². The quantitative estimate of drug-likeness (QED) is 0.536. The van der Waals surface area contributed by atoms with Crippen LogP contribution in [0.2, 0.25) is 18.1 Å². The molecule has 0 spiro atoms. The lowest BCUT2D eigenvalue weighted by Crippen LogP contribution is -2.27. The summed E-state index contributed by atoms with van der Waals surface area (Å²) < 4.78 is 0. The van der Waals surface area contributed by atoms with Crippen molar-refractivity contribution >= 4 is 8.32 Å². The molecule has 1 nitrogen and oxygen atoms in total. The van der Waals surface area contributed by atoms with Gasteiger partial charge in [0.1, 0.15) is 0 Å². The van der Waals surface area contributed by atoms with Crippen LogP contribution >= 0.6 is 0 Å². The van der Waals surface area contributed by atoms with Crippen LogP contribution < -0.4 is 0 Å². The van der Waals surface area contributed by atoms with Crippen LogP contribution in [0.5, 0.6) is 0 Å². The third-order valence-corrected chi connectivity index (χ3v) is 6.08. The summed E-state index contributed by atoms with van der Waals surface area (Å²) in [6.07, 6.45) is 2.58. The van der Waals surface area contributed by atoms with Crippen molar-refractivity contribution in [2.24, 2.45) is 0 Å². The second-order valence-electron chi connectivity index (χ2n) is 2.79. The Hall–Kier alpha value is 0.177. The molecule has 0 aromatic carbocycles. The van der Waals surface area contributed by atoms with Crippen molar-refractivity contribution in [2.45, 2.75) is 37.9 Å². The summed E-state index contributed by atoms with van der Waals surface area (Å²) in [5.41, 5.74) is 0. The van der Waals surface area contributed by atoms with E-state index >= 15 is 0 Å². The van der Waals surface area contributed by atoms with Gasteiger partial charge in [0.2, 0.25) is 0 Å². The summed E-state index contributed by atoms with van der Waals surface area (Å²) in [5, 5.41) is 0. The van der Waals surface area contributed by atoms with Crippen LogP contribution in [0.25, 0.3) is 0 Å². The van der Waals surface area contributed by atoms with Crippen molar-refractivity contribution in [3.05, 3.63) is 0 Å². The molecule has 8 heavy (non-hydrogen) atoms. The van der Waals surface area contributed by atoms with Gasteiger partial charge in [0.15, 0.2) is 8.32 Å². The molecule has 1 heterocycles. The number of hydrogen-bond acceptors (Lipinski definition) is 1. The molecule has 1 aliphatic rings. The Morgan fingerprint density at radius 1 is 1.38 bits per heavy atom. The van der Waals surface area contributed by atoms with E-state index in [1.807, 2.05) is 0 Å². The molecule has 0 bridgehead atoms. The predicted octanol–water partition coefficient (Wildman–Crippen LogP) is 1.74. The molecular weight excluding hydrogens is 116 g/mol. The topological polar surface area (TPSA) is 20.2 Å². The SMILES string of the molecule is CC[Si]1(O)CCCC1. The Labute approximate surface area is 51.9 Å². The highest BCUT2D eigenvalue weighted by atomic mass is 28.4. The highest BCUT2D eigenvalue weighted by Crippen LogP contribution is 2.29. The van der Waals surface area contributed by atoms with Gasteiger partial charge in [0.05, 0.1) is 0 Å². The smallest absolute Gasteiger partial charge is 0.188 e. The van der Waals surface area contributed by atoms with Crippen LogP contribution in [0.1, 0.15) is 19.8 Å².